The number of carbonyl (C=O) groups is 2. The molecule has 0 fully saturated rings. The second-order valence-electron chi connectivity index (χ2n) is 5.63. The number of thiophene rings is 1. The number of hydrogen-bond donors (Lipinski definition) is 3. The van der Waals surface area contributed by atoms with Crippen molar-refractivity contribution in [3.05, 3.63) is 58.3 Å². The lowest BCUT2D eigenvalue weighted by atomic mass is 10.2. The Hall–Kier alpha value is -2.43. The zero-order chi connectivity index (χ0) is 19.6. The Labute approximate surface area is 175 Å². The summed E-state index contributed by atoms with van der Waals surface area (Å²) in [5, 5.41) is 19.1. The molecule has 0 radical (unpaired) electrons. The molecule has 7 nitrogen and oxygen atoms in total. The number of benzene rings is 1. The van der Waals surface area contributed by atoms with Crippen molar-refractivity contribution in [1.29, 1.82) is 0 Å². The number of rotatable bonds is 9. The van der Waals surface area contributed by atoms with Crippen LogP contribution in [-0.4, -0.2) is 34.4 Å². The summed E-state index contributed by atoms with van der Waals surface area (Å²) in [5.41, 5.74) is 0.965. The smallest absolute Gasteiger partial charge is 0.321 e. The van der Waals surface area contributed by atoms with E-state index in [9.17, 15) is 9.59 Å². The van der Waals surface area contributed by atoms with E-state index in [0.717, 1.165) is 23.7 Å². The summed E-state index contributed by atoms with van der Waals surface area (Å²) in [4.78, 5) is 25.0. The maximum atomic E-state index is 11.9. The van der Waals surface area contributed by atoms with E-state index in [-0.39, 0.29) is 11.7 Å². The fourth-order valence-corrected chi connectivity index (χ4v) is 4.49. The van der Waals surface area contributed by atoms with Crippen LogP contribution in [0.15, 0.2) is 52.2 Å². The summed E-state index contributed by atoms with van der Waals surface area (Å²) in [6, 6.07) is 13.1. The van der Waals surface area contributed by atoms with Gasteiger partial charge in [0, 0.05) is 18.0 Å². The lowest BCUT2D eigenvalue weighted by Crippen LogP contribution is -2.39. The standard InChI is InChI=1S/C18H19N5O2S3/c24-15(21-16(25)20-11-13-5-2-1-3-6-13)12-27-18-23-22-17(28-18)19-9-8-14-7-4-10-26-14/h1-7,10H,8-9,11-12H2,(H,19,22)(H2,20,21,24,25). The number of amides is 3. The quantitative estimate of drug-likeness (QED) is 0.448. The predicted octanol–water partition coefficient (Wildman–Crippen LogP) is 3.37. The number of aromatic nitrogens is 2. The molecule has 146 valence electrons. The van der Waals surface area contributed by atoms with Gasteiger partial charge >= 0.3 is 6.03 Å². The second-order valence-corrected chi connectivity index (χ2v) is 8.87. The molecule has 28 heavy (non-hydrogen) atoms. The van der Waals surface area contributed by atoms with Crippen LogP contribution in [0.2, 0.25) is 0 Å². The van der Waals surface area contributed by atoms with Gasteiger partial charge in [0.15, 0.2) is 4.34 Å². The van der Waals surface area contributed by atoms with Gasteiger partial charge in [-0.05, 0) is 23.4 Å². The minimum Gasteiger partial charge on any atom is -0.360 e. The van der Waals surface area contributed by atoms with E-state index in [4.69, 9.17) is 0 Å². The summed E-state index contributed by atoms with van der Waals surface area (Å²) in [6.07, 6.45) is 0.931. The van der Waals surface area contributed by atoms with Crippen molar-refractivity contribution in [2.45, 2.75) is 17.3 Å². The van der Waals surface area contributed by atoms with Crippen molar-refractivity contribution in [3.63, 3.8) is 0 Å². The first kappa shape index (κ1) is 20.3. The molecule has 1 aromatic carbocycles. The lowest BCUT2D eigenvalue weighted by molar-refractivity contribution is -0.117. The molecule has 0 aliphatic carbocycles. The first-order valence-electron chi connectivity index (χ1n) is 8.53. The summed E-state index contributed by atoms with van der Waals surface area (Å²) in [5.74, 6) is -0.277. The summed E-state index contributed by atoms with van der Waals surface area (Å²) in [6.45, 7) is 1.14. The van der Waals surface area contributed by atoms with Crippen molar-refractivity contribution < 1.29 is 9.59 Å². The third kappa shape index (κ3) is 6.95. The predicted molar refractivity (Wildman–Crippen MR) is 114 cm³/mol. The molecule has 2 aromatic heterocycles. The minimum atomic E-state index is -0.511. The van der Waals surface area contributed by atoms with Crippen molar-refractivity contribution in [3.8, 4) is 0 Å². The van der Waals surface area contributed by atoms with Crippen LogP contribution in [0.3, 0.4) is 0 Å². The lowest BCUT2D eigenvalue weighted by Gasteiger charge is -2.06. The Morgan fingerprint density at radius 2 is 1.93 bits per heavy atom. The van der Waals surface area contributed by atoms with Crippen LogP contribution in [-0.2, 0) is 17.8 Å². The van der Waals surface area contributed by atoms with Gasteiger partial charge in [0.1, 0.15) is 0 Å². The summed E-state index contributed by atoms with van der Waals surface area (Å²) >= 11 is 4.37. The van der Waals surface area contributed by atoms with E-state index >= 15 is 0 Å². The van der Waals surface area contributed by atoms with E-state index in [1.54, 1.807) is 11.3 Å². The molecule has 0 bridgehead atoms. The maximum Gasteiger partial charge on any atom is 0.321 e. The molecule has 10 heteroatoms. The van der Waals surface area contributed by atoms with Crippen LogP contribution in [0, 0.1) is 0 Å². The first-order chi connectivity index (χ1) is 13.7. The molecule has 0 saturated heterocycles. The number of hydrogen-bond acceptors (Lipinski definition) is 8. The van der Waals surface area contributed by atoms with Crippen LogP contribution in [0.25, 0.3) is 0 Å². The molecule has 0 unspecified atom stereocenters. The van der Waals surface area contributed by atoms with Gasteiger partial charge in [-0.15, -0.1) is 21.5 Å². The molecule has 0 spiro atoms. The number of nitrogens with zero attached hydrogens (tertiary/aromatic N) is 2. The molecule has 0 aliphatic rings. The molecular formula is C18H19N5O2S3. The summed E-state index contributed by atoms with van der Waals surface area (Å²) < 4.78 is 0.679. The number of nitrogens with one attached hydrogen (secondary N) is 3. The van der Waals surface area contributed by atoms with E-state index in [2.05, 4.69) is 37.6 Å². The highest BCUT2D eigenvalue weighted by atomic mass is 32.2. The zero-order valence-corrected chi connectivity index (χ0v) is 17.3. The van der Waals surface area contributed by atoms with Crippen molar-refractivity contribution in [2.24, 2.45) is 0 Å². The van der Waals surface area contributed by atoms with Crippen molar-refractivity contribution in [1.82, 2.24) is 20.8 Å². The van der Waals surface area contributed by atoms with Crippen LogP contribution in [0.5, 0.6) is 0 Å². The fraction of sp³-hybridized carbons (Fsp3) is 0.222. The number of thioether (sulfide) groups is 1. The van der Waals surface area contributed by atoms with Crippen molar-refractivity contribution in [2.75, 3.05) is 17.6 Å². The van der Waals surface area contributed by atoms with E-state index in [1.165, 1.54) is 28.0 Å². The monoisotopic (exact) mass is 433 g/mol. The van der Waals surface area contributed by atoms with E-state index in [0.29, 0.717) is 10.9 Å². The molecule has 0 saturated carbocycles. The second kappa shape index (κ2) is 10.8. The molecule has 3 N–H and O–H groups in total. The third-order valence-electron chi connectivity index (χ3n) is 3.51. The molecule has 3 rings (SSSR count). The molecule has 0 atom stereocenters. The van der Waals surface area contributed by atoms with Gasteiger partial charge in [-0.1, -0.05) is 59.5 Å². The maximum absolute atomic E-state index is 11.9. The molecular weight excluding hydrogens is 414 g/mol. The highest BCUT2D eigenvalue weighted by Crippen LogP contribution is 2.25. The fourth-order valence-electron chi connectivity index (χ4n) is 2.20. The van der Waals surface area contributed by atoms with Gasteiger partial charge in [-0.3, -0.25) is 10.1 Å². The van der Waals surface area contributed by atoms with Gasteiger partial charge < -0.3 is 10.6 Å². The molecule has 3 aromatic rings. The average Bonchev–Trinajstić information content (AvgIpc) is 3.38. The topological polar surface area (TPSA) is 96.0 Å². The van der Waals surface area contributed by atoms with E-state index in [1.807, 2.05) is 36.4 Å². The average molecular weight is 434 g/mol. The van der Waals surface area contributed by atoms with Gasteiger partial charge in [0.2, 0.25) is 11.0 Å². The Morgan fingerprint density at radius 3 is 2.71 bits per heavy atom. The Bertz CT molecular complexity index is 884. The van der Waals surface area contributed by atoms with E-state index < -0.39 is 6.03 Å². The zero-order valence-electron chi connectivity index (χ0n) is 14.9. The molecule has 2 heterocycles. The van der Waals surface area contributed by atoms with Crippen LogP contribution in [0.4, 0.5) is 9.93 Å². The highest BCUT2D eigenvalue weighted by Gasteiger charge is 2.11. The van der Waals surface area contributed by atoms with Gasteiger partial charge in [0.25, 0.3) is 0 Å². The Morgan fingerprint density at radius 1 is 1.07 bits per heavy atom. The van der Waals surface area contributed by atoms with Crippen LogP contribution in [0.1, 0.15) is 10.4 Å². The number of anilines is 1. The normalized spacial score (nSPS) is 10.4. The number of imide groups is 1. The van der Waals surface area contributed by atoms with Crippen LogP contribution < -0.4 is 16.0 Å². The largest absolute Gasteiger partial charge is 0.360 e. The Balaban J connectivity index is 1.32. The molecule has 0 aliphatic heterocycles. The Kier molecular flexibility index (Phi) is 7.82. The SMILES string of the molecule is O=C(CSc1nnc(NCCc2cccs2)s1)NC(=O)NCc1ccccc1. The highest BCUT2D eigenvalue weighted by molar-refractivity contribution is 8.01. The number of carbonyl (C=O) groups excluding carboxylic acids is 2. The summed E-state index contributed by atoms with van der Waals surface area (Å²) in [7, 11) is 0. The minimum absolute atomic E-state index is 0.0998. The first-order valence-corrected chi connectivity index (χ1v) is 11.2. The van der Waals surface area contributed by atoms with Gasteiger partial charge in [-0.25, -0.2) is 4.79 Å². The van der Waals surface area contributed by atoms with Gasteiger partial charge in [-0.2, -0.15) is 0 Å². The van der Waals surface area contributed by atoms with Crippen LogP contribution >= 0.6 is 34.4 Å². The van der Waals surface area contributed by atoms with Crippen molar-refractivity contribution >= 4 is 51.5 Å². The molecule has 3 amide bonds. The third-order valence-corrected chi connectivity index (χ3v) is 6.46. The van der Waals surface area contributed by atoms with Gasteiger partial charge in [0.05, 0.1) is 5.75 Å². The number of urea groups is 1.